The fraction of sp³-hybridized carbons (Fsp3) is 0.467. The SMILES string of the molecule is CCNS(=O)(=O)c1ccc(C)c(-c2nc(C3(N)CCC3)no2)c1.Cl. The average Bonchev–Trinajstić information content (AvgIpc) is 2.95. The highest BCUT2D eigenvalue weighted by atomic mass is 35.5. The molecule has 0 bridgehead atoms. The Morgan fingerprint density at radius 1 is 1.38 bits per heavy atom. The van der Waals surface area contributed by atoms with Crippen LogP contribution in [0.25, 0.3) is 11.5 Å². The molecular formula is C15H21ClN4O3S. The van der Waals surface area contributed by atoms with Gasteiger partial charge in [-0.25, -0.2) is 13.1 Å². The number of benzene rings is 1. The van der Waals surface area contributed by atoms with E-state index in [0.29, 0.717) is 23.8 Å². The van der Waals surface area contributed by atoms with E-state index in [1.807, 2.05) is 6.92 Å². The molecule has 24 heavy (non-hydrogen) atoms. The van der Waals surface area contributed by atoms with Crippen LogP contribution in [-0.2, 0) is 15.6 Å². The molecule has 7 nitrogen and oxygen atoms in total. The number of nitrogens with one attached hydrogen (secondary N) is 1. The Morgan fingerprint density at radius 3 is 2.67 bits per heavy atom. The summed E-state index contributed by atoms with van der Waals surface area (Å²) in [6.45, 7) is 3.92. The van der Waals surface area contributed by atoms with Crippen molar-refractivity contribution < 1.29 is 12.9 Å². The summed E-state index contributed by atoms with van der Waals surface area (Å²) in [4.78, 5) is 4.56. The van der Waals surface area contributed by atoms with Crippen molar-refractivity contribution in [1.82, 2.24) is 14.9 Å². The maximum Gasteiger partial charge on any atom is 0.258 e. The Kier molecular flexibility index (Phi) is 5.34. The smallest absolute Gasteiger partial charge is 0.258 e. The molecule has 1 fully saturated rings. The van der Waals surface area contributed by atoms with Crippen LogP contribution in [0.2, 0.25) is 0 Å². The number of sulfonamides is 1. The molecule has 2 aromatic rings. The Hall–Kier alpha value is -1.48. The van der Waals surface area contributed by atoms with Crippen LogP contribution in [0.3, 0.4) is 0 Å². The van der Waals surface area contributed by atoms with Crippen LogP contribution in [-0.4, -0.2) is 25.1 Å². The molecule has 1 aliphatic rings. The minimum absolute atomic E-state index is 0. The fourth-order valence-electron chi connectivity index (χ4n) is 2.59. The van der Waals surface area contributed by atoms with Crippen molar-refractivity contribution in [3.05, 3.63) is 29.6 Å². The van der Waals surface area contributed by atoms with E-state index in [-0.39, 0.29) is 17.3 Å². The number of hydrogen-bond donors (Lipinski definition) is 2. The summed E-state index contributed by atoms with van der Waals surface area (Å²) < 4.78 is 32.1. The lowest BCUT2D eigenvalue weighted by Crippen LogP contribution is -2.44. The molecule has 132 valence electrons. The lowest BCUT2D eigenvalue weighted by atomic mass is 9.77. The van der Waals surface area contributed by atoms with E-state index in [9.17, 15) is 8.42 Å². The van der Waals surface area contributed by atoms with E-state index in [1.165, 1.54) is 0 Å². The van der Waals surface area contributed by atoms with E-state index in [1.54, 1.807) is 25.1 Å². The number of rotatable bonds is 5. The molecule has 3 N–H and O–H groups in total. The molecule has 0 amide bonds. The fourth-order valence-corrected chi connectivity index (χ4v) is 3.66. The molecule has 0 radical (unpaired) electrons. The number of hydrogen-bond acceptors (Lipinski definition) is 6. The summed E-state index contributed by atoms with van der Waals surface area (Å²) in [5.41, 5.74) is 7.15. The van der Waals surface area contributed by atoms with Crippen molar-refractivity contribution >= 4 is 22.4 Å². The van der Waals surface area contributed by atoms with Gasteiger partial charge in [0.05, 0.1) is 10.4 Å². The van der Waals surface area contributed by atoms with Gasteiger partial charge in [0.2, 0.25) is 10.0 Å². The van der Waals surface area contributed by atoms with Crippen LogP contribution in [0.1, 0.15) is 37.6 Å². The van der Waals surface area contributed by atoms with Crippen LogP contribution < -0.4 is 10.5 Å². The van der Waals surface area contributed by atoms with E-state index in [0.717, 1.165) is 24.8 Å². The zero-order valence-corrected chi connectivity index (χ0v) is 15.2. The molecule has 1 heterocycles. The molecule has 3 rings (SSSR count). The van der Waals surface area contributed by atoms with Crippen molar-refractivity contribution in [2.75, 3.05) is 6.54 Å². The zero-order valence-electron chi connectivity index (χ0n) is 13.6. The topological polar surface area (TPSA) is 111 Å². The van der Waals surface area contributed by atoms with Crippen LogP contribution in [0.15, 0.2) is 27.6 Å². The normalized spacial score (nSPS) is 16.3. The first-order valence-electron chi connectivity index (χ1n) is 7.59. The molecular weight excluding hydrogens is 352 g/mol. The van der Waals surface area contributed by atoms with Gasteiger partial charge in [0, 0.05) is 12.1 Å². The maximum absolute atomic E-state index is 12.1. The van der Waals surface area contributed by atoms with E-state index >= 15 is 0 Å². The van der Waals surface area contributed by atoms with Crippen LogP contribution in [0, 0.1) is 6.92 Å². The summed E-state index contributed by atoms with van der Waals surface area (Å²) in [6, 6.07) is 4.84. The number of nitrogens with two attached hydrogens (primary N) is 1. The molecule has 1 saturated carbocycles. The lowest BCUT2D eigenvalue weighted by molar-refractivity contribution is 0.229. The largest absolute Gasteiger partial charge is 0.334 e. The highest BCUT2D eigenvalue weighted by molar-refractivity contribution is 7.89. The first-order valence-corrected chi connectivity index (χ1v) is 9.08. The van der Waals surface area contributed by atoms with Crippen molar-refractivity contribution in [3.63, 3.8) is 0 Å². The Labute approximate surface area is 147 Å². The standard InChI is InChI=1S/C15H20N4O3S.ClH/c1-3-17-23(20,21)11-6-5-10(2)12(9-11)13-18-14(19-22-13)15(16)7-4-8-15;/h5-6,9,17H,3-4,7-8,16H2,1-2H3;1H. The van der Waals surface area contributed by atoms with Crippen LogP contribution >= 0.6 is 12.4 Å². The van der Waals surface area contributed by atoms with Gasteiger partial charge in [0.15, 0.2) is 5.82 Å². The number of aromatic nitrogens is 2. The minimum atomic E-state index is -3.54. The highest BCUT2D eigenvalue weighted by Gasteiger charge is 2.39. The van der Waals surface area contributed by atoms with Gasteiger partial charge < -0.3 is 10.3 Å². The van der Waals surface area contributed by atoms with Gasteiger partial charge in [0.1, 0.15) is 0 Å². The minimum Gasteiger partial charge on any atom is -0.334 e. The van der Waals surface area contributed by atoms with E-state index < -0.39 is 15.6 Å². The molecule has 0 saturated heterocycles. The molecule has 1 aromatic heterocycles. The second kappa shape index (κ2) is 6.79. The molecule has 0 atom stereocenters. The molecule has 1 aliphatic carbocycles. The summed E-state index contributed by atoms with van der Waals surface area (Å²) in [5.74, 6) is 0.779. The van der Waals surface area contributed by atoms with Gasteiger partial charge in [0.25, 0.3) is 5.89 Å². The van der Waals surface area contributed by atoms with Gasteiger partial charge in [-0.1, -0.05) is 18.1 Å². The van der Waals surface area contributed by atoms with Crippen molar-refractivity contribution in [3.8, 4) is 11.5 Å². The predicted molar refractivity (Wildman–Crippen MR) is 92.3 cm³/mol. The Balaban J connectivity index is 0.00000208. The first-order chi connectivity index (χ1) is 10.9. The monoisotopic (exact) mass is 372 g/mol. The van der Waals surface area contributed by atoms with Gasteiger partial charge in [-0.2, -0.15) is 4.98 Å². The van der Waals surface area contributed by atoms with Crippen molar-refractivity contribution in [2.24, 2.45) is 5.73 Å². The van der Waals surface area contributed by atoms with E-state index in [2.05, 4.69) is 14.9 Å². The Morgan fingerprint density at radius 2 is 2.08 bits per heavy atom. The van der Waals surface area contributed by atoms with Crippen LogP contribution in [0.4, 0.5) is 0 Å². The van der Waals surface area contributed by atoms with Gasteiger partial charge >= 0.3 is 0 Å². The summed E-state index contributed by atoms with van der Waals surface area (Å²) in [5, 5.41) is 3.98. The van der Waals surface area contributed by atoms with Gasteiger partial charge in [-0.05, 0) is 43.9 Å². The highest BCUT2D eigenvalue weighted by Crippen LogP contribution is 2.38. The van der Waals surface area contributed by atoms with E-state index in [4.69, 9.17) is 10.3 Å². The molecule has 0 aliphatic heterocycles. The first kappa shape index (κ1) is 18.9. The third-order valence-corrected chi connectivity index (χ3v) is 5.74. The average molecular weight is 373 g/mol. The second-order valence-electron chi connectivity index (χ2n) is 5.91. The zero-order chi connectivity index (χ0) is 16.7. The number of aryl methyl sites for hydroxylation is 1. The summed E-state index contributed by atoms with van der Waals surface area (Å²) >= 11 is 0. The quantitative estimate of drug-likeness (QED) is 0.831. The Bertz CT molecular complexity index is 831. The third kappa shape index (κ3) is 3.32. The molecule has 1 aromatic carbocycles. The molecule has 0 unspecified atom stereocenters. The molecule has 0 spiro atoms. The number of nitrogens with zero attached hydrogens (tertiary/aromatic N) is 2. The van der Waals surface area contributed by atoms with Crippen molar-refractivity contribution in [1.29, 1.82) is 0 Å². The lowest BCUT2D eigenvalue weighted by Gasteiger charge is -2.34. The predicted octanol–water partition coefficient (Wildman–Crippen LogP) is 2.10. The second-order valence-corrected chi connectivity index (χ2v) is 7.68. The summed E-state index contributed by atoms with van der Waals surface area (Å²) in [7, 11) is -3.54. The maximum atomic E-state index is 12.1. The third-order valence-electron chi connectivity index (χ3n) is 4.20. The van der Waals surface area contributed by atoms with Gasteiger partial charge in [-0.15, -0.1) is 12.4 Å². The molecule has 9 heteroatoms. The van der Waals surface area contributed by atoms with Gasteiger partial charge in [-0.3, -0.25) is 0 Å². The van der Waals surface area contributed by atoms with Crippen molar-refractivity contribution in [2.45, 2.75) is 43.5 Å². The summed E-state index contributed by atoms with van der Waals surface area (Å²) in [6.07, 6.45) is 2.72. The number of halogens is 1. The van der Waals surface area contributed by atoms with Crippen LogP contribution in [0.5, 0.6) is 0 Å².